The van der Waals surface area contributed by atoms with Crippen LogP contribution in [-0.2, 0) is 26.2 Å². The highest BCUT2D eigenvalue weighted by Crippen LogP contribution is 2.20. The van der Waals surface area contributed by atoms with Gasteiger partial charge in [0.05, 0.1) is 11.9 Å². The Hall–Kier alpha value is -3.01. The summed E-state index contributed by atoms with van der Waals surface area (Å²) in [5.74, 6) is -1.74. The third-order valence-electron chi connectivity index (χ3n) is 5.28. The molecule has 0 bridgehead atoms. The van der Waals surface area contributed by atoms with Gasteiger partial charge in [-0.25, -0.2) is 17.2 Å². The Morgan fingerprint density at radius 3 is 2.29 bits per heavy atom. The minimum Gasteiger partial charge on any atom is -0.354 e. The van der Waals surface area contributed by atoms with Crippen molar-refractivity contribution in [2.24, 2.45) is 0 Å². The predicted octanol–water partition coefficient (Wildman–Crippen LogP) is 3.45. The second-order valence-corrected chi connectivity index (χ2v) is 9.90. The predicted molar refractivity (Wildman–Crippen MR) is 128 cm³/mol. The molecule has 2 aromatic rings. The summed E-state index contributed by atoms with van der Waals surface area (Å²) in [5.41, 5.74) is 0.557. The molecule has 34 heavy (non-hydrogen) atoms. The molecule has 2 amide bonds. The molecule has 7 nitrogen and oxygen atoms in total. The van der Waals surface area contributed by atoms with Gasteiger partial charge in [0.15, 0.2) is 0 Å². The second kappa shape index (κ2) is 12.5. The van der Waals surface area contributed by atoms with Crippen LogP contribution in [0.5, 0.6) is 0 Å². The fourth-order valence-corrected chi connectivity index (χ4v) is 4.37. The van der Waals surface area contributed by atoms with Gasteiger partial charge in [-0.2, -0.15) is 0 Å². The number of hydrogen-bond donors (Lipinski definition) is 1. The summed E-state index contributed by atoms with van der Waals surface area (Å²) >= 11 is 0. The Morgan fingerprint density at radius 1 is 1.06 bits per heavy atom. The van der Waals surface area contributed by atoms with Gasteiger partial charge in [-0.15, -0.1) is 0 Å². The van der Waals surface area contributed by atoms with Crippen LogP contribution in [0.15, 0.2) is 48.5 Å². The van der Waals surface area contributed by atoms with E-state index in [1.165, 1.54) is 29.2 Å². The first-order valence-electron chi connectivity index (χ1n) is 11.1. The number of carbonyl (C=O) groups excluding carboxylic acids is 2. The van der Waals surface area contributed by atoms with Crippen molar-refractivity contribution >= 4 is 27.5 Å². The van der Waals surface area contributed by atoms with Crippen molar-refractivity contribution < 1.29 is 26.8 Å². The number of sulfonamides is 1. The maximum atomic E-state index is 14.2. The van der Waals surface area contributed by atoms with E-state index in [-0.39, 0.29) is 43.1 Å². The number of halogens is 2. The van der Waals surface area contributed by atoms with Crippen LogP contribution in [0.3, 0.4) is 0 Å². The summed E-state index contributed by atoms with van der Waals surface area (Å²) < 4.78 is 53.1. The lowest BCUT2D eigenvalue weighted by molar-refractivity contribution is -0.140. The Kier molecular flexibility index (Phi) is 9.97. The topological polar surface area (TPSA) is 86.8 Å². The van der Waals surface area contributed by atoms with E-state index in [4.69, 9.17) is 0 Å². The lowest BCUT2D eigenvalue weighted by Crippen LogP contribution is -2.48. The average molecular weight is 496 g/mol. The van der Waals surface area contributed by atoms with Crippen LogP contribution in [0.25, 0.3) is 0 Å². The van der Waals surface area contributed by atoms with Gasteiger partial charge in [0.25, 0.3) is 0 Å². The van der Waals surface area contributed by atoms with Crippen molar-refractivity contribution in [2.45, 2.75) is 45.7 Å². The molecule has 0 spiro atoms. The van der Waals surface area contributed by atoms with Crippen molar-refractivity contribution in [1.82, 2.24) is 10.2 Å². The first-order valence-corrected chi connectivity index (χ1v) is 12.9. The van der Waals surface area contributed by atoms with E-state index < -0.39 is 33.6 Å². The number of nitrogens with zero attached hydrogens (tertiary/aromatic N) is 2. The summed E-state index contributed by atoms with van der Waals surface area (Å²) in [6, 6.07) is 10.2. The molecular weight excluding hydrogens is 464 g/mol. The summed E-state index contributed by atoms with van der Waals surface area (Å²) in [7, 11) is -3.67. The maximum Gasteiger partial charge on any atom is 0.242 e. The van der Waals surface area contributed by atoms with E-state index in [2.05, 4.69) is 5.32 Å². The first kappa shape index (κ1) is 27.2. The smallest absolute Gasteiger partial charge is 0.242 e. The van der Waals surface area contributed by atoms with Crippen molar-refractivity contribution in [1.29, 1.82) is 0 Å². The number of hydrogen-bond acceptors (Lipinski definition) is 4. The molecule has 10 heteroatoms. The summed E-state index contributed by atoms with van der Waals surface area (Å²) in [6.45, 7) is 3.82. The van der Waals surface area contributed by atoms with Crippen molar-refractivity contribution in [2.75, 3.05) is 23.7 Å². The van der Waals surface area contributed by atoms with Crippen LogP contribution >= 0.6 is 0 Å². The highest BCUT2D eigenvalue weighted by molar-refractivity contribution is 7.92. The van der Waals surface area contributed by atoms with Gasteiger partial charge in [0.2, 0.25) is 21.8 Å². The molecule has 0 heterocycles. The van der Waals surface area contributed by atoms with Gasteiger partial charge in [-0.3, -0.25) is 13.9 Å². The Labute approximate surface area is 199 Å². The maximum absolute atomic E-state index is 14.2. The van der Waals surface area contributed by atoms with E-state index in [9.17, 15) is 26.8 Å². The van der Waals surface area contributed by atoms with Crippen LogP contribution in [0.4, 0.5) is 14.5 Å². The minimum absolute atomic E-state index is 0.0137. The zero-order valence-corrected chi connectivity index (χ0v) is 20.4. The Morgan fingerprint density at radius 2 is 1.71 bits per heavy atom. The molecule has 0 aliphatic carbocycles. The van der Waals surface area contributed by atoms with Gasteiger partial charge in [-0.05, 0) is 50.1 Å². The third kappa shape index (κ3) is 7.79. The number of benzene rings is 2. The lowest BCUT2D eigenvalue weighted by atomic mass is 10.1. The lowest BCUT2D eigenvalue weighted by Gasteiger charge is -2.29. The molecule has 0 aliphatic heterocycles. The van der Waals surface area contributed by atoms with Gasteiger partial charge >= 0.3 is 0 Å². The highest BCUT2D eigenvalue weighted by Gasteiger charge is 2.27. The fourth-order valence-electron chi connectivity index (χ4n) is 3.40. The minimum atomic E-state index is -3.67. The van der Waals surface area contributed by atoms with E-state index in [0.717, 1.165) is 29.1 Å². The van der Waals surface area contributed by atoms with Crippen LogP contribution in [0.1, 0.15) is 38.7 Å². The van der Waals surface area contributed by atoms with Crippen LogP contribution in [0.2, 0.25) is 0 Å². The number of nitrogens with one attached hydrogen (secondary N) is 1. The standard InChI is InChI=1S/C24H31F2N3O4S/c1-4-15-27-24(31)18(2)28(17-19-8-5-6-9-22(19)26)23(30)10-7-16-29(34(3,32)33)21-13-11-20(25)12-14-21/h5-6,8-9,11-14,18H,4,7,10,15-17H2,1-3H3,(H,27,31)/t18-/m0/s1. The van der Waals surface area contributed by atoms with Crippen molar-refractivity contribution in [3.05, 3.63) is 65.7 Å². The van der Waals surface area contributed by atoms with Crippen molar-refractivity contribution in [3.63, 3.8) is 0 Å². The molecule has 0 fully saturated rings. The molecule has 0 saturated carbocycles. The SMILES string of the molecule is CCCNC(=O)[C@H](C)N(Cc1ccccc1F)C(=O)CCCN(c1ccc(F)cc1)S(C)(=O)=O. The van der Waals surface area contributed by atoms with Crippen LogP contribution in [0, 0.1) is 11.6 Å². The second-order valence-electron chi connectivity index (χ2n) is 8.00. The van der Waals surface area contributed by atoms with Crippen LogP contribution in [-0.4, -0.2) is 50.5 Å². The van der Waals surface area contributed by atoms with Gasteiger partial charge < -0.3 is 10.2 Å². The van der Waals surface area contributed by atoms with Gasteiger partial charge in [0.1, 0.15) is 17.7 Å². The highest BCUT2D eigenvalue weighted by atomic mass is 32.2. The molecule has 2 aromatic carbocycles. The molecule has 0 saturated heterocycles. The first-order chi connectivity index (χ1) is 16.0. The fraction of sp³-hybridized carbons (Fsp3) is 0.417. The quantitative estimate of drug-likeness (QED) is 0.489. The van der Waals surface area contributed by atoms with E-state index in [1.807, 2.05) is 6.92 Å². The molecule has 0 radical (unpaired) electrons. The number of rotatable bonds is 12. The average Bonchev–Trinajstić information content (AvgIpc) is 2.79. The van der Waals surface area contributed by atoms with E-state index in [0.29, 0.717) is 6.54 Å². The molecule has 1 atom stereocenters. The zero-order chi connectivity index (χ0) is 25.3. The zero-order valence-electron chi connectivity index (χ0n) is 19.6. The number of anilines is 1. The van der Waals surface area contributed by atoms with Crippen molar-refractivity contribution in [3.8, 4) is 0 Å². The third-order valence-corrected chi connectivity index (χ3v) is 6.48. The number of carbonyl (C=O) groups is 2. The largest absolute Gasteiger partial charge is 0.354 e. The van der Waals surface area contributed by atoms with Crippen LogP contribution < -0.4 is 9.62 Å². The van der Waals surface area contributed by atoms with Gasteiger partial charge in [-0.1, -0.05) is 25.1 Å². The molecule has 2 rings (SSSR count). The van der Waals surface area contributed by atoms with E-state index in [1.54, 1.807) is 19.1 Å². The molecule has 0 aromatic heterocycles. The molecule has 1 N–H and O–H groups in total. The number of amides is 2. The molecule has 186 valence electrons. The Balaban J connectivity index is 2.15. The summed E-state index contributed by atoms with van der Waals surface area (Å²) in [4.78, 5) is 26.9. The summed E-state index contributed by atoms with van der Waals surface area (Å²) in [6.07, 6.45) is 1.85. The molecular formula is C24H31F2N3O4S. The monoisotopic (exact) mass is 495 g/mol. The molecule has 0 unspecified atom stereocenters. The van der Waals surface area contributed by atoms with E-state index >= 15 is 0 Å². The molecule has 0 aliphatic rings. The Bertz CT molecular complexity index is 1080. The summed E-state index contributed by atoms with van der Waals surface area (Å²) in [5, 5.41) is 2.74. The normalized spacial score (nSPS) is 12.1. The van der Waals surface area contributed by atoms with Gasteiger partial charge in [0, 0.05) is 31.6 Å².